The van der Waals surface area contributed by atoms with Crippen molar-refractivity contribution in [3.05, 3.63) is 35.2 Å². The molecule has 17 heavy (non-hydrogen) atoms. The largest absolute Gasteiger partial charge is 0.243 e. The van der Waals surface area contributed by atoms with Crippen molar-refractivity contribution in [2.24, 2.45) is 0 Å². The Morgan fingerprint density at radius 2 is 1.82 bits per heavy atom. The molecule has 0 bridgehead atoms. The van der Waals surface area contributed by atoms with E-state index in [1.54, 1.807) is 0 Å². The number of benzene rings is 1. The highest BCUT2D eigenvalue weighted by Gasteiger charge is 2.32. The van der Waals surface area contributed by atoms with Gasteiger partial charge in [0.05, 0.1) is 4.90 Å². The van der Waals surface area contributed by atoms with Gasteiger partial charge in [0.1, 0.15) is 0 Å². The van der Waals surface area contributed by atoms with Gasteiger partial charge >= 0.3 is 0 Å². The molecule has 1 aliphatic heterocycles. The first kappa shape index (κ1) is 13.1. The lowest BCUT2D eigenvalue weighted by Gasteiger charge is -2.21. The molecule has 1 atom stereocenters. The molecule has 0 saturated carbocycles. The Morgan fingerprint density at radius 1 is 1.24 bits per heavy atom. The highest BCUT2D eigenvalue weighted by atomic mass is 35.5. The summed E-state index contributed by atoms with van der Waals surface area (Å²) < 4.78 is 26.0. The van der Waals surface area contributed by atoms with Crippen molar-refractivity contribution >= 4 is 33.2 Å². The summed E-state index contributed by atoms with van der Waals surface area (Å²) >= 11 is 11.6. The van der Waals surface area contributed by atoms with Gasteiger partial charge in [0, 0.05) is 22.6 Å². The molecule has 1 fully saturated rings. The van der Waals surface area contributed by atoms with Crippen molar-refractivity contribution in [3.8, 4) is 0 Å². The maximum atomic E-state index is 12.3. The second-order valence-electron chi connectivity index (χ2n) is 4.02. The molecule has 1 aromatic carbocycles. The standard InChI is InChI=1S/C11H12Cl2NO2S/c1-8-3-2-4-14(8)17(15,16)11-6-9(12)5-10(13)7-11/h5-8H,1-4H2. The summed E-state index contributed by atoms with van der Waals surface area (Å²) in [5, 5.41) is 0.631. The molecule has 6 heteroatoms. The Morgan fingerprint density at radius 3 is 2.29 bits per heavy atom. The van der Waals surface area contributed by atoms with E-state index in [1.165, 1.54) is 22.5 Å². The molecule has 0 spiro atoms. The Balaban J connectivity index is 2.44. The van der Waals surface area contributed by atoms with Crippen LogP contribution in [0.2, 0.25) is 10.0 Å². The summed E-state index contributed by atoms with van der Waals surface area (Å²) in [5.74, 6) is 0. The molecule has 0 aliphatic carbocycles. The fraction of sp³-hybridized carbons (Fsp3) is 0.364. The van der Waals surface area contributed by atoms with Crippen LogP contribution in [0.3, 0.4) is 0 Å². The third kappa shape index (κ3) is 2.60. The SMILES string of the molecule is [CH2]C1CCCN1S(=O)(=O)c1cc(Cl)cc(Cl)c1. The van der Waals surface area contributed by atoms with Crippen molar-refractivity contribution in [3.63, 3.8) is 0 Å². The lowest BCUT2D eigenvalue weighted by molar-refractivity contribution is 0.431. The summed E-state index contributed by atoms with van der Waals surface area (Å²) in [7, 11) is -3.53. The summed E-state index contributed by atoms with van der Waals surface area (Å²) in [6, 6.07) is 4.12. The van der Waals surface area contributed by atoms with Crippen molar-refractivity contribution in [1.29, 1.82) is 0 Å². The predicted octanol–water partition coefficient (Wildman–Crippen LogP) is 2.98. The third-order valence-corrected chi connectivity index (χ3v) is 5.13. The molecule has 1 saturated heterocycles. The second kappa shape index (κ2) is 4.76. The van der Waals surface area contributed by atoms with Gasteiger partial charge in [0.15, 0.2) is 0 Å². The van der Waals surface area contributed by atoms with Gasteiger partial charge in [-0.1, -0.05) is 23.2 Å². The summed E-state index contributed by atoms with van der Waals surface area (Å²) in [5.41, 5.74) is 0. The number of halogens is 2. The van der Waals surface area contributed by atoms with Crippen LogP contribution < -0.4 is 0 Å². The Kier molecular flexibility index (Phi) is 3.69. The normalized spacial score (nSPS) is 21.9. The van der Waals surface area contributed by atoms with Crippen LogP contribution in [0.25, 0.3) is 0 Å². The van der Waals surface area contributed by atoms with E-state index in [-0.39, 0.29) is 10.9 Å². The molecule has 93 valence electrons. The van der Waals surface area contributed by atoms with Crippen molar-refractivity contribution in [1.82, 2.24) is 4.31 Å². The van der Waals surface area contributed by atoms with E-state index in [0.29, 0.717) is 16.6 Å². The lowest BCUT2D eigenvalue weighted by Crippen LogP contribution is -2.33. The van der Waals surface area contributed by atoms with E-state index in [9.17, 15) is 8.42 Å². The Bertz CT molecular complexity index is 510. The van der Waals surface area contributed by atoms with E-state index in [4.69, 9.17) is 23.2 Å². The summed E-state index contributed by atoms with van der Waals surface area (Å²) in [6.45, 7) is 4.34. The first-order valence-electron chi connectivity index (χ1n) is 5.22. The van der Waals surface area contributed by atoms with Crippen molar-refractivity contribution in [2.75, 3.05) is 6.54 Å². The van der Waals surface area contributed by atoms with Crippen LogP contribution in [0.5, 0.6) is 0 Å². The van der Waals surface area contributed by atoms with Gasteiger partial charge in [0.25, 0.3) is 0 Å². The van der Waals surface area contributed by atoms with Crippen LogP contribution in [0.1, 0.15) is 12.8 Å². The van der Waals surface area contributed by atoms with Crippen LogP contribution in [-0.2, 0) is 10.0 Å². The van der Waals surface area contributed by atoms with Crippen LogP contribution >= 0.6 is 23.2 Å². The smallest absolute Gasteiger partial charge is 0.207 e. The first-order valence-corrected chi connectivity index (χ1v) is 7.42. The van der Waals surface area contributed by atoms with Crippen LogP contribution in [0.15, 0.2) is 23.1 Å². The fourth-order valence-corrected chi connectivity index (χ4v) is 4.28. The van der Waals surface area contributed by atoms with Crippen molar-refractivity contribution in [2.45, 2.75) is 23.8 Å². The molecule has 1 heterocycles. The van der Waals surface area contributed by atoms with Gasteiger partial charge in [-0.2, -0.15) is 4.31 Å². The number of rotatable bonds is 2. The van der Waals surface area contributed by atoms with Gasteiger partial charge in [-0.3, -0.25) is 0 Å². The van der Waals surface area contributed by atoms with E-state index < -0.39 is 10.0 Å². The minimum Gasteiger partial charge on any atom is -0.207 e. The molecule has 0 N–H and O–H groups in total. The van der Waals surface area contributed by atoms with E-state index in [0.717, 1.165) is 12.8 Å². The zero-order valence-corrected chi connectivity index (χ0v) is 11.4. The fourth-order valence-electron chi connectivity index (χ4n) is 1.94. The zero-order chi connectivity index (χ0) is 12.6. The van der Waals surface area contributed by atoms with Gasteiger partial charge in [-0.05, 0) is 38.0 Å². The minimum absolute atomic E-state index is 0.130. The van der Waals surface area contributed by atoms with Crippen LogP contribution in [-0.4, -0.2) is 25.3 Å². The van der Waals surface area contributed by atoms with E-state index in [2.05, 4.69) is 6.92 Å². The molecule has 1 aromatic rings. The molecule has 0 aromatic heterocycles. The monoisotopic (exact) mass is 292 g/mol. The van der Waals surface area contributed by atoms with Crippen molar-refractivity contribution < 1.29 is 8.42 Å². The summed E-state index contributed by atoms with van der Waals surface area (Å²) in [6.07, 6.45) is 1.62. The number of sulfonamides is 1. The first-order chi connectivity index (χ1) is 7.91. The zero-order valence-electron chi connectivity index (χ0n) is 9.07. The maximum Gasteiger partial charge on any atom is 0.243 e. The molecular weight excluding hydrogens is 281 g/mol. The highest BCUT2D eigenvalue weighted by molar-refractivity contribution is 7.89. The maximum absolute atomic E-state index is 12.3. The average Bonchev–Trinajstić information content (AvgIpc) is 2.63. The number of nitrogens with zero attached hydrogens (tertiary/aromatic N) is 1. The van der Waals surface area contributed by atoms with Gasteiger partial charge in [-0.15, -0.1) is 0 Å². The van der Waals surface area contributed by atoms with Crippen LogP contribution in [0, 0.1) is 6.92 Å². The summed E-state index contributed by atoms with van der Waals surface area (Å²) in [4.78, 5) is 0.130. The minimum atomic E-state index is -3.53. The number of hydrogen-bond donors (Lipinski definition) is 0. The molecule has 1 aliphatic rings. The van der Waals surface area contributed by atoms with Crippen LogP contribution in [0.4, 0.5) is 0 Å². The number of hydrogen-bond acceptors (Lipinski definition) is 2. The molecular formula is C11H12Cl2NO2S. The topological polar surface area (TPSA) is 37.4 Å². The van der Waals surface area contributed by atoms with Gasteiger partial charge < -0.3 is 0 Å². The van der Waals surface area contributed by atoms with Gasteiger partial charge in [0.2, 0.25) is 10.0 Å². The molecule has 3 nitrogen and oxygen atoms in total. The van der Waals surface area contributed by atoms with Gasteiger partial charge in [-0.25, -0.2) is 8.42 Å². The average molecular weight is 293 g/mol. The highest BCUT2D eigenvalue weighted by Crippen LogP contribution is 2.29. The third-order valence-electron chi connectivity index (χ3n) is 2.77. The van der Waals surface area contributed by atoms with E-state index in [1.807, 2.05) is 0 Å². The molecule has 2 rings (SSSR count). The second-order valence-corrected chi connectivity index (χ2v) is 6.78. The quantitative estimate of drug-likeness (QED) is 0.840. The predicted molar refractivity (Wildman–Crippen MR) is 68.7 cm³/mol. The Hall–Kier alpha value is -0.290. The molecule has 1 radical (unpaired) electrons. The lowest BCUT2D eigenvalue weighted by atomic mass is 10.3. The Labute approximate surface area is 111 Å². The van der Waals surface area contributed by atoms with E-state index >= 15 is 0 Å². The molecule has 0 amide bonds. The molecule has 1 unspecified atom stereocenters.